The van der Waals surface area contributed by atoms with E-state index in [0.717, 1.165) is 33.2 Å². The van der Waals surface area contributed by atoms with Gasteiger partial charge >= 0.3 is 0 Å². The molecule has 0 amide bonds. The molecule has 144 valence electrons. The maximum Gasteiger partial charge on any atom is 0.117 e. The fraction of sp³-hybridized carbons (Fsp3) is 0.120. The highest BCUT2D eigenvalue weighted by Gasteiger charge is 2.27. The molecule has 0 radical (unpaired) electrons. The Bertz CT molecular complexity index is 1070. The van der Waals surface area contributed by atoms with Crippen molar-refractivity contribution in [2.75, 3.05) is 19.0 Å². The van der Waals surface area contributed by atoms with Gasteiger partial charge in [0.25, 0.3) is 0 Å². The van der Waals surface area contributed by atoms with Crippen molar-refractivity contribution in [2.45, 2.75) is 6.54 Å². The molecule has 0 fully saturated rings. The van der Waals surface area contributed by atoms with Crippen molar-refractivity contribution in [2.24, 2.45) is 4.99 Å². The van der Waals surface area contributed by atoms with E-state index >= 15 is 0 Å². The van der Waals surface area contributed by atoms with Gasteiger partial charge in [0.1, 0.15) is 4.99 Å². The maximum absolute atomic E-state index is 6.06. The second-order valence-electron chi connectivity index (χ2n) is 7.20. The van der Waals surface area contributed by atoms with E-state index in [1.165, 1.54) is 5.56 Å². The van der Waals surface area contributed by atoms with Crippen LogP contribution in [0.4, 0.5) is 11.4 Å². The van der Waals surface area contributed by atoms with Crippen molar-refractivity contribution in [1.82, 2.24) is 4.90 Å². The summed E-state index contributed by atoms with van der Waals surface area (Å²) in [6.45, 7) is 0.693. The molecule has 4 heteroatoms. The number of para-hydroxylation sites is 2. The Morgan fingerprint density at radius 3 is 2.17 bits per heavy atom. The number of thiocarbonyl (C=S) groups is 1. The molecule has 0 spiro atoms. The summed E-state index contributed by atoms with van der Waals surface area (Å²) in [5.74, 6) is 0. The molecule has 1 aliphatic rings. The van der Waals surface area contributed by atoms with E-state index in [0.29, 0.717) is 6.54 Å². The van der Waals surface area contributed by atoms with Gasteiger partial charge < -0.3 is 9.80 Å². The van der Waals surface area contributed by atoms with E-state index in [-0.39, 0.29) is 0 Å². The summed E-state index contributed by atoms with van der Waals surface area (Å²) in [6.07, 6.45) is 2.07. The second kappa shape index (κ2) is 8.41. The molecule has 1 aliphatic heterocycles. The summed E-state index contributed by atoms with van der Waals surface area (Å²) in [5.41, 5.74) is 6.05. The smallest absolute Gasteiger partial charge is 0.117 e. The van der Waals surface area contributed by atoms with Crippen molar-refractivity contribution in [3.05, 3.63) is 108 Å². The molecule has 0 bridgehead atoms. The third kappa shape index (κ3) is 4.13. The Balaban J connectivity index is 1.89. The van der Waals surface area contributed by atoms with Crippen LogP contribution in [0.1, 0.15) is 11.1 Å². The lowest BCUT2D eigenvalue weighted by molar-refractivity contribution is 0.562. The summed E-state index contributed by atoms with van der Waals surface area (Å²) >= 11 is 6.06. The molecular formula is C25H23N3S. The van der Waals surface area contributed by atoms with E-state index < -0.39 is 0 Å². The van der Waals surface area contributed by atoms with E-state index in [1.807, 2.05) is 55.4 Å². The first-order valence-electron chi connectivity index (χ1n) is 9.61. The molecule has 0 aliphatic carbocycles. The lowest BCUT2D eigenvalue weighted by Crippen LogP contribution is -2.32. The van der Waals surface area contributed by atoms with E-state index in [2.05, 4.69) is 59.6 Å². The highest BCUT2D eigenvalue weighted by molar-refractivity contribution is 7.81. The van der Waals surface area contributed by atoms with Crippen LogP contribution in [0, 0.1) is 0 Å². The Morgan fingerprint density at radius 2 is 1.48 bits per heavy atom. The lowest BCUT2D eigenvalue weighted by atomic mass is 10.0. The Morgan fingerprint density at radius 1 is 0.862 bits per heavy atom. The standard InChI is InChI=1S/C25H23N3S/c1-27(2)18-21-24(20-13-7-4-8-14-20)26-22-15-9-10-16-23(22)28(25(21)29)17-19-11-5-3-6-12-19/h3-16,18H,17H2,1-2H3/b21-18+. The van der Waals surface area contributed by atoms with Crippen LogP contribution in [0.25, 0.3) is 0 Å². The number of fused-ring (bicyclic) bond motifs is 1. The summed E-state index contributed by atoms with van der Waals surface area (Å²) in [4.78, 5) is 10.1. The van der Waals surface area contributed by atoms with Crippen LogP contribution < -0.4 is 4.90 Å². The van der Waals surface area contributed by atoms with Gasteiger partial charge in [0.2, 0.25) is 0 Å². The summed E-state index contributed by atoms with van der Waals surface area (Å²) in [6, 6.07) is 28.9. The van der Waals surface area contributed by atoms with Gasteiger partial charge in [-0.1, -0.05) is 85.0 Å². The Labute approximate surface area is 177 Å². The van der Waals surface area contributed by atoms with Crippen molar-refractivity contribution in [3.8, 4) is 0 Å². The molecule has 0 unspecified atom stereocenters. The highest BCUT2D eigenvalue weighted by Crippen LogP contribution is 2.36. The first-order chi connectivity index (χ1) is 14.1. The van der Waals surface area contributed by atoms with Gasteiger partial charge in [-0.05, 0) is 17.7 Å². The minimum absolute atomic E-state index is 0.693. The molecule has 0 N–H and O–H groups in total. The number of nitrogens with zero attached hydrogens (tertiary/aromatic N) is 3. The van der Waals surface area contributed by atoms with Crippen molar-refractivity contribution in [3.63, 3.8) is 0 Å². The van der Waals surface area contributed by atoms with Crippen LogP contribution in [-0.2, 0) is 6.54 Å². The largest absolute Gasteiger partial charge is 0.383 e. The summed E-state index contributed by atoms with van der Waals surface area (Å²) < 4.78 is 0. The third-order valence-corrected chi connectivity index (χ3v) is 5.19. The number of hydrogen-bond donors (Lipinski definition) is 0. The first-order valence-corrected chi connectivity index (χ1v) is 10.0. The van der Waals surface area contributed by atoms with Crippen molar-refractivity contribution in [1.29, 1.82) is 0 Å². The second-order valence-corrected chi connectivity index (χ2v) is 7.59. The zero-order valence-corrected chi connectivity index (χ0v) is 17.4. The molecule has 3 aromatic rings. The number of aliphatic imine (C=N–C) groups is 1. The average molecular weight is 398 g/mol. The molecule has 1 heterocycles. The monoisotopic (exact) mass is 397 g/mol. The summed E-state index contributed by atoms with van der Waals surface area (Å²) in [5, 5.41) is 0. The lowest BCUT2D eigenvalue weighted by Gasteiger charge is -2.26. The fourth-order valence-electron chi connectivity index (χ4n) is 3.44. The summed E-state index contributed by atoms with van der Waals surface area (Å²) in [7, 11) is 4.02. The molecule has 0 saturated heterocycles. The van der Waals surface area contributed by atoms with Crippen LogP contribution in [0.2, 0.25) is 0 Å². The number of benzene rings is 3. The Hall–Kier alpha value is -3.24. The maximum atomic E-state index is 6.06. The van der Waals surface area contributed by atoms with Crippen molar-refractivity contribution < 1.29 is 0 Å². The van der Waals surface area contributed by atoms with Gasteiger partial charge in [0.05, 0.1) is 22.7 Å². The highest BCUT2D eigenvalue weighted by atomic mass is 32.1. The number of hydrogen-bond acceptors (Lipinski definition) is 3. The molecular weight excluding hydrogens is 374 g/mol. The van der Waals surface area contributed by atoms with Crippen LogP contribution >= 0.6 is 12.2 Å². The molecule has 0 saturated carbocycles. The molecule has 29 heavy (non-hydrogen) atoms. The fourth-order valence-corrected chi connectivity index (χ4v) is 3.75. The zero-order valence-electron chi connectivity index (χ0n) is 16.6. The molecule has 0 atom stereocenters. The quantitative estimate of drug-likeness (QED) is 0.422. The van der Waals surface area contributed by atoms with Gasteiger partial charge in [-0.15, -0.1) is 0 Å². The SMILES string of the molecule is CN(C)/C=C1/C(=S)N(Cc2ccccc2)c2ccccc2N=C1c1ccccc1. The van der Waals surface area contributed by atoms with Crippen molar-refractivity contribution >= 4 is 34.3 Å². The van der Waals surface area contributed by atoms with Gasteiger partial charge in [0.15, 0.2) is 0 Å². The van der Waals surface area contributed by atoms with Crippen LogP contribution in [0.15, 0.2) is 102 Å². The molecule has 4 rings (SSSR count). The number of anilines is 1. The van der Waals surface area contributed by atoms with Crippen LogP contribution in [-0.4, -0.2) is 29.7 Å². The predicted octanol–water partition coefficient (Wildman–Crippen LogP) is 5.60. The van der Waals surface area contributed by atoms with Gasteiger partial charge in [0, 0.05) is 32.4 Å². The topological polar surface area (TPSA) is 18.8 Å². The Kier molecular flexibility index (Phi) is 5.54. The normalized spacial score (nSPS) is 15.0. The molecule has 0 aromatic heterocycles. The van der Waals surface area contributed by atoms with Crippen LogP contribution in [0.5, 0.6) is 0 Å². The average Bonchev–Trinajstić information content (AvgIpc) is 2.85. The zero-order chi connectivity index (χ0) is 20.2. The minimum atomic E-state index is 0.693. The predicted molar refractivity (Wildman–Crippen MR) is 126 cm³/mol. The van der Waals surface area contributed by atoms with Gasteiger partial charge in [-0.25, -0.2) is 4.99 Å². The number of rotatable bonds is 4. The van der Waals surface area contributed by atoms with E-state index in [4.69, 9.17) is 17.2 Å². The van der Waals surface area contributed by atoms with E-state index in [1.54, 1.807) is 0 Å². The molecule has 3 aromatic carbocycles. The third-order valence-electron chi connectivity index (χ3n) is 4.75. The first kappa shape index (κ1) is 19.1. The van der Waals surface area contributed by atoms with Crippen LogP contribution in [0.3, 0.4) is 0 Å². The molecule has 3 nitrogen and oxygen atoms in total. The van der Waals surface area contributed by atoms with E-state index in [9.17, 15) is 0 Å². The van der Waals surface area contributed by atoms with Gasteiger partial charge in [-0.3, -0.25) is 0 Å². The van der Waals surface area contributed by atoms with Gasteiger partial charge in [-0.2, -0.15) is 0 Å². The minimum Gasteiger partial charge on any atom is -0.383 e.